The molecule has 100 valence electrons. The molecule has 0 radical (unpaired) electrons. The SMILES string of the molecule is CC(C)SCC(=O)N[C@@H](CO)Cc1ccccc1. The zero-order valence-corrected chi connectivity index (χ0v) is 11.7. The van der Waals surface area contributed by atoms with Crippen molar-refractivity contribution in [3.8, 4) is 0 Å². The van der Waals surface area contributed by atoms with Gasteiger partial charge in [-0.05, 0) is 17.2 Å². The Hall–Kier alpha value is -1.00. The summed E-state index contributed by atoms with van der Waals surface area (Å²) in [6, 6.07) is 9.66. The van der Waals surface area contributed by atoms with E-state index in [2.05, 4.69) is 19.2 Å². The Morgan fingerprint density at radius 3 is 2.56 bits per heavy atom. The highest BCUT2D eigenvalue weighted by Gasteiger charge is 2.12. The smallest absolute Gasteiger partial charge is 0.230 e. The number of amides is 1. The molecule has 0 saturated heterocycles. The van der Waals surface area contributed by atoms with Crippen molar-refractivity contribution in [2.75, 3.05) is 12.4 Å². The predicted molar refractivity (Wildman–Crippen MR) is 76.8 cm³/mol. The third-order valence-electron chi connectivity index (χ3n) is 2.46. The molecule has 2 N–H and O–H groups in total. The van der Waals surface area contributed by atoms with Crippen molar-refractivity contribution in [1.82, 2.24) is 5.32 Å². The van der Waals surface area contributed by atoms with Gasteiger partial charge in [0, 0.05) is 0 Å². The minimum absolute atomic E-state index is 0.0105. The summed E-state index contributed by atoms with van der Waals surface area (Å²) in [5, 5.41) is 12.6. The van der Waals surface area contributed by atoms with E-state index in [0.717, 1.165) is 5.56 Å². The molecule has 1 aromatic carbocycles. The lowest BCUT2D eigenvalue weighted by atomic mass is 10.1. The highest BCUT2D eigenvalue weighted by Crippen LogP contribution is 2.08. The van der Waals surface area contributed by atoms with E-state index in [0.29, 0.717) is 17.4 Å². The highest BCUT2D eigenvalue weighted by molar-refractivity contribution is 8.00. The first-order chi connectivity index (χ1) is 8.61. The Kier molecular flexibility index (Phi) is 6.83. The number of aliphatic hydroxyl groups excluding tert-OH is 1. The van der Waals surface area contributed by atoms with Crippen LogP contribution in [-0.4, -0.2) is 34.7 Å². The zero-order chi connectivity index (χ0) is 13.4. The van der Waals surface area contributed by atoms with Gasteiger partial charge in [0.15, 0.2) is 0 Å². The second-order valence-electron chi connectivity index (χ2n) is 4.50. The van der Waals surface area contributed by atoms with Gasteiger partial charge < -0.3 is 10.4 Å². The number of rotatable bonds is 7. The number of nitrogens with one attached hydrogen (secondary N) is 1. The van der Waals surface area contributed by atoms with Gasteiger partial charge in [0.2, 0.25) is 5.91 Å². The molecule has 0 spiro atoms. The van der Waals surface area contributed by atoms with E-state index in [4.69, 9.17) is 0 Å². The van der Waals surface area contributed by atoms with Crippen molar-refractivity contribution in [3.05, 3.63) is 35.9 Å². The molecule has 3 nitrogen and oxygen atoms in total. The molecule has 0 saturated carbocycles. The first-order valence-electron chi connectivity index (χ1n) is 6.17. The maximum absolute atomic E-state index is 11.7. The summed E-state index contributed by atoms with van der Waals surface area (Å²) >= 11 is 1.60. The van der Waals surface area contributed by atoms with E-state index in [9.17, 15) is 9.90 Å². The molecule has 0 aliphatic heterocycles. The maximum atomic E-state index is 11.7. The van der Waals surface area contributed by atoms with Crippen LogP contribution >= 0.6 is 11.8 Å². The van der Waals surface area contributed by atoms with Crippen LogP contribution in [0.3, 0.4) is 0 Å². The molecule has 0 aliphatic rings. The molecule has 18 heavy (non-hydrogen) atoms. The molecular formula is C14H21NO2S. The number of carbonyl (C=O) groups is 1. The Bertz CT molecular complexity index is 354. The summed E-state index contributed by atoms with van der Waals surface area (Å²) in [5.41, 5.74) is 1.12. The zero-order valence-electron chi connectivity index (χ0n) is 10.9. The monoisotopic (exact) mass is 267 g/mol. The summed E-state index contributed by atoms with van der Waals surface area (Å²) < 4.78 is 0. The van der Waals surface area contributed by atoms with E-state index >= 15 is 0 Å². The van der Waals surface area contributed by atoms with Crippen LogP contribution in [-0.2, 0) is 11.2 Å². The number of benzene rings is 1. The van der Waals surface area contributed by atoms with Gasteiger partial charge >= 0.3 is 0 Å². The standard InChI is InChI=1S/C14H21NO2S/c1-11(2)18-10-14(17)15-13(9-16)8-12-6-4-3-5-7-12/h3-7,11,13,16H,8-10H2,1-2H3,(H,15,17)/t13-/m1/s1. The van der Waals surface area contributed by atoms with Gasteiger partial charge in [0.1, 0.15) is 0 Å². The molecule has 0 unspecified atom stereocenters. The van der Waals surface area contributed by atoms with Crippen LogP contribution in [0.1, 0.15) is 19.4 Å². The van der Waals surface area contributed by atoms with E-state index in [1.807, 2.05) is 30.3 Å². The second-order valence-corrected chi connectivity index (χ2v) is 6.06. The Morgan fingerprint density at radius 2 is 2.00 bits per heavy atom. The van der Waals surface area contributed by atoms with E-state index in [1.54, 1.807) is 11.8 Å². The molecule has 1 atom stereocenters. The molecule has 0 bridgehead atoms. The summed E-state index contributed by atoms with van der Waals surface area (Å²) in [6.45, 7) is 4.09. The topological polar surface area (TPSA) is 49.3 Å². The largest absolute Gasteiger partial charge is 0.394 e. The molecule has 1 amide bonds. The van der Waals surface area contributed by atoms with Crippen LogP contribution in [0.15, 0.2) is 30.3 Å². The third-order valence-corrected chi connectivity index (χ3v) is 3.55. The molecular weight excluding hydrogens is 246 g/mol. The Morgan fingerprint density at radius 1 is 1.33 bits per heavy atom. The third kappa shape index (κ3) is 6.07. The maximum Gasteiger partial charge on any atom is 0.230 e. The average molecular weight is 267 g/mol. The Balaban J connectivity index is 2.40. The van der Waals surface area contributed by atoms with Gasteiger partial charge in [-0.25, -0.2) is 0 Å². The normalized spacial score (nSPS) is 12.4. The highest BCUT2D eigenvalue weighted by atomic mass is 32.2. The summed E-state index contributed by atoms with van der Waals surface area (Å²) in [7, 11) is 0. The summed E-state index contributed by atoms with van der Waals surface area (Å²) in [6.07, 6.45) is 0.662. The quantitative estimate of drug-likeness (QED) is 0.792. The lowest BCUT2D eigenvalue weighted by Gasteiger charge is -2.16. The van der Waals surface area contributed by atoms with Gasteiger partial charge in [0.05, 0.1) is 18.4 Å². The number of hydrogen-bond donors (Lipinski definition) is 2. The minimum atomic E-state index is -0.201. The van der Waals surface area contributed by atoms with Gasteiger partial charge in [-0.1, -0.05) is 44.2 Å². The molecule has 4 heteroatoms. The lowest BCUT2D eigenvalue weighted by molar-refractivity contribution is -0.119. The van der Waals surface area contributed by atoms with Gasteiger partial charge in [0.25, 0.3) is 0 Å². The second kappa shape index (κ2) is 8.16. The van der Waals surface area contributed by atoms with Crippen LogP contribution in [0.5, 0.6) is 0 Å². The summed E-state index contributed by atoms with van der Waals surface area (Å²) in [5.74, 6) is 0.437. The average Bonchev–Trinajstić information content (AvgIpc) is 2.37. The number of carbonyl (C=O) groups excluding carboxylic acids is 1. The van der Waals surface area contributed by atoms with Crippen molar-refractivity contribution in [2.45, 2.75) is 31.6 Å². The van der Waals surface area contributed by atoms with Crippen molar-refractivity contribution in [2.24, 2.45) is 0 Å². The molecule has 0 aliphatic carbocycles. The van der Waals surface area contributed by atoms with Gasteiger partial charge in [-0.3, -0.25) is 4.79 Å². The fraction of sp³-hybridized carbons (Fsp3) is 0.500. The molecule has 1 rings (SSSR count). The predicted octanol–water partition coefficient (Wildman–Crippen LogP) is 1.85. The first-order valence-corrected chi connectivity index (χ1v) is 7.22. The van der Waals surface area contributed by atoms with Crippen molar-refractivity contribution >= 4 is 17.7 Å². The van der Waals surface area contributed by atoms with Gasteiger partial charge in [-0.15, -0.1) is 11.8 Å². The van der Waals surface area contributed by atoms with E-state index in [-0.39, 0.29) is 18.6 Å². The van der Waals surface area contributed by atoms with Crippen molar-refractivity contribution in [3.63, 3.8) is 0 Å². The van der Waals surface area contributed by atoms with Crippen molar-refractivity contribution in [1.29, 1.82) is 0 Å². The van der Waals surface area contributed by atoms with E-state index in [1.165, 1.54) is 0 Å². The number of hydrogen-bond acceptors (Lipinski definition) is 3. The molecule has 1 aromatic rings. The molecule has 0 fully saturated rings. The lowest BCUT2D eigenvalue weighted by Crippen LogP contribution is -2.40. The van der Waals surface area contributed by atoms with Crippen LogP contribution < -0.4 is 5.32 Å². The van der Waals surface area contributed by atoms with Crippen LogP contribution in [0.25, 0.3) is 0 Å². The number of aliphatic hydroxyl groups is 1. The minimum Gasteiger partial charge on any atom is -0.394 e. The van der Waals surface area contributed by atoms with Crippen molar-refractivity contribution < 1.29 is 9.90 Å². The fourth-order valence-electron chi connectivity index (χ4n) is 1.57. The fourth-order valence-corrected chi connectivity index (χ4v) is 2.14. The molecule has 0 heterocycles. The van der Waals surface area contributed by atoms with Crippen LogP contribution in [0.4, 0.5) is 0 Å². The molecule has 0 aromatic heterocycles. The van der Waals surface area contributed by atoms with Gasteiger partial charge in [-0.2, -0.15) is 0 Å². The van der Waals surface area contributed by atoms with Crippen LogP contribution in [0, 0.1) is 0 Å². The summed E-state index contributed by atoms with van der Waals surface area (Å²) in [4.78, 5) is 11.7. The van der Waals surface area contributed by atoms with E-state index < -0.39 is 0 Å². The first kappa shape index (κ1) is 15.1. The number of thioether (sulfide) groups is 1. The Labute approximate surface area is 113 Å². The van der Waals surface area contributed by atoms with Crippen LogP contribution in [0.2, 0.25) is 0 Å².